The molecule has 7 nitrogen and oxygen atoms in total. The van der Waals surface area contributed by atoms with Crippen LogP contribution in [0.2, 0.25) is 0 Å². The Kier molecular flexibility index (Phi) is 6.64. The average molecular weight is 458 g/mol. The molecule has 0 saturated heterocycles. The van der Waals surface area contributed by atoms with Crippen LogP contribution >= 0.6 is 0 Å². The molecule has 2 amide bonds. The van der Waals surface area contributed by atoms with Gasteiger partial charge in [0, 0.05) is 13.6 Å². The number of hydrogen-bond acceptors (Lipinski definition) is 4. The molecule has 0 aromatic heterocycles. The number of carbonyl (C=O) groups excluding carboxylic acids is 2. The molecule has 0 fully saturated rings. The Morgan fingerprint density at radius 1 is 1.12 bits per heavy atom. The molecule has 2 aromatic carbocycles. The van der Waals surface area contributed by atoms with E-state index in [9.17, 15) is 18.0 Å². The molecule has 1 aliphatic heterocycles. The van der Waals surface area contributed by atoms with Crippen molar-refractivity contribution in [3.8, 4) is 0 Å². The van der Waals surface area contributed by atoms with E-state index in [1.807, 2.05) is 32.9 Å². The molecule has 0 saturated carbocycles. The molecule has 1 atom stereocenters. The molecule has 1 unspecified atom stereocenters. The molecule has 0 bridgehead atoms. The van der Waals surface area contributed by atoms with E-state index in [1.54, 1.807) is 50.1 Å². The number of para-hydroxylation sites is 2. The van der Waals surface area contributed by atoms with Crippen molar-refractivity contribution >= 4 is 33.2 Å². The molecule has 0 spiro atoms. The fraction of sp³-hybridized carbons (Fsp3) is 0.417. The first-order chi connectivity index (χ1) is 14.9. The molecule has 8 heteroatoms. The summed E-state index contributed by atoms with van der Waals surface area (Å²) in [6.07, 6.45) is -0.243. The minimum Gasteiger partial charge on any atom is -0.345 e. The summed E-state index contributed by atoms with van der Waals surface area (Å²) in [5.74, 6) is -0.542. The van der Waals surface area contributed by atoms with Gasteiger partial charge in [0.2, 0.25) is 11.8 Å². The van der Waals surface area contributed by atoms with Crippen LogP contribution in [0.4, 0.5) is 11.4 Å². The van der Waals surface area contributed by atoms with Crippen LogP contribution in [0.1, 0.15) is 37.0 Å². The predicted molar refractivity (Wildman–Crippen MR) is 126 cm³/mol. The quantitative estimate of drug-likeness (QED) is 0.718. The second-order valence-corrected chi connectivity index (χ2v) is 10.7. The number of nitrogens with zero attached hydrogens (tertiary/aromatic N) is 2. The average Bonchev–Trinajstić information content (AvgIpc) is 2.66. The molecule has 172 valence electrons. The number of benzene rings is 2. The number of nitrogens with one attached hydrogen (secondary N) is 1. The third kappa shape index (κ3) is 4.50. The van der Waals surface area contributed by atoms with Crippen molar-refractivity contribution in [2.45, 2.75) is 52.0 Å². The number of amides is 2. The van der Waals surface area contributed by atoms with Gasteiger partial charge in [-0.1, -0.05) is 43.7 Å². The standard InChI is InChI=1S/C24H31N3O4S/c1-15(2)14-26(6)22(28)13-21-24(29)25-19-9-7-8-10-20(19)27(21)32(30,31)23-17(4)11-16(3)12-18(23)5/h7-12,15,21H,13-14H2,1-6H3,(H,25,29). The minimum absolute atomic E-state index is 0.167. The number of aryl methyl sites for hydroxylation is 3. The van der Waals surface area contributed by atoms with Gasteiger partial charge in [-0.25, -0.2) is 8.42 Å². The zero-order valence-electron chi connectivity index (χ0n) is 19.5. The third-order valence-electron chi connectivity index (χ3n) is 5.54. The first-order valence-electron chi connectivity index (χ1n) is 10.7. The van der Waals surface area contributed by atoms with Crippen LogP contribution in [0, 0.1) is 26.7 Å². The van der Waals surface area contributed by atoms with Crippen molar-refractivity contribution in [1.29, 1.82) is 0 Å². The Morgan fingerprint density at radius 2 is 1.72 bits per heavy atom. The van der Waals surface area contributed by atoms with Crippen molar-refractivity contribution in [2.75, 3.05) is 23.2 Å². The highest BCUT2D eigenvalue weighted by molar-refractivity contribution is 7.93. The number of rotatable bonds is 6. The van der Waals surface area contributed by atoms with E-state index in [1.165, 1.54) is 0 Å². The van der Waals surface area contributed by atoms with Crippen molar-refractivity contribution in [3.05, 3.63) is 53.1 Å². The van der Waals surface area contributed by atoms with E-state index in [2.05, 4.69) is 5.32 Å². The van der Waals surface area contributed by atoms with Crippen molar-refractivity contribution in [3.63, 3.8) is 0 Å². The Morgan fingerprint density at radius 3 is 2.31 bits per heavy atom. The van der Waals surface area contributed by atoms with Crippen molar-refractivity contribution < 1.29 is 18.0 Å². The molecular weight excluding hydrogens is 426 g/mol. The first-order valence-corrected chi connectivity index (χ1v) is 12.1. The molecule has 0 radical (unpaired) electrons. The number of anilines is 2. The van der Waals surface area contributed by atoms with Crippen LogP contribution in [0.15, 0.2) is 41.3 Å². The number of sulfonamides is 1. The predicted octanol–water partition coefficient (Wildman–Crippen LogP) is 3.63. The van der Waals surface area contributed by atoms with Gasteiger partial charge in [-0.05, 0) is 49.9 Å². The lowest BCUT2D eigenvalue weighted by molar-refractivity contribution is -0.132. The number of fused-ring (bicyclic) bond motifs is 1. The Balaban J connectivity index is 2.14. The van der Waals surface area contributed by atoms with Crippen LogP contribution in [0.25, 0.3) is 0 Å². The highest BCUT2D eigenvalue weighted by Gasteiger charge is 2.43. The van der Waals surface area contributed by atoms with E-state index in [0.717, 1.165) is 9.87 Å². The number of hydrogen-bond donors (Lipinski definition) is 1. The fourth-order valence-corrected chi connectivity index (χ4v) is 6.43. The van der Waals surface area contributed by atoms with Gasteiger partial charge in [-0.15, -0.1) is 0 Å². The van der Waals surface area contributed by atoms with Crippen molar-refractivity contribution in [2.24, 2.45) is 5.92 Å². The monoisotopic (exact) mass is 457 g/mol. The molecule has 1 N–H and O–H groups in total. The van der Waals surface area contributed by atoms with Gasteiger partial charge in [0.05, 0.1) is 22.7 Å². The molecule has 1 heterocycles. The van der Waals surface area contributed by atoms with Gasteiger partial charge < -0.3 is 10.2 Å². The van der Waals surface area contributed by atoms with Gasteiger partial charge >= 0.3 is 0 Å². The van der Waals surface area contributed by atoms with E-state index < -0.39 is 22.0 Å². The summed E-state index contributed by atoms with van der Waals surface area (Å²) >= 11 is 0. The van der Waals surface area contributed by atoms with Crippen LogP contribution in [0.5, 0.6) is 0 Å². The maximum atomic E-state index is 14.0. The molecule has 3 rings (SSSR count). The van der Waals surface area contributed by atoms with E-state index in [0.29, 0.717) is 29.0 Å². The first kappa shape index (κ1) is 23.8. The third-order valence-corrected chi connectivity index (χ3v) is 7.67. The largest absolute Gasteiger partial charge is 0.345 e. The van der Waals surface area contributed by atoms with Crippen LogP contribution < -0.4 is 9.62 Å². The second-order valence-electron chi connectivity index (χ2n) is 8.92. The van der Waals surface area contributed by atoms with Gasteiger partial charge in [0.1, 0.15) is 6.04 Å². The second kappa shape index (κ2) is 8.94. The lowest BCUT2D eigenvalue weighted by atomic mass is 10.1. The van der Waals surface area contributed by atoms with Crippen LogP contribution in [0.3, 0.4) is 0 Å². The zero-order chi connectivity index (χ0) is 23.8. The Labute approximate surface area is 190 Å². The zero-order valence-corrected chi connectivity index (χ0v) is 20.3. The van der Waals surface area contributed by atoms with Gasteiger partial charge in [0.15, 0.2) is 0 Å². The summed E-state index contributed by atoms with van der Waals surface area (Å²) in [7, 11) is -2.46. The lowest BCUT2D eigenvalue weighted by Crippen LogP contribution is -2.53. The Hall–Kier alpha value is -2.87. The SMILES string of the molecule is Cc1cc(C)c(S(=O)(=O)N2c3ccccc3NC(=O)C2CC(=O)N(C)CC(C)C)c(C)c1. The maximum absolute atomic E-state index is 14.0. The molecule has 1 aliphatic rings. The van der Waals surface area contributed by atoms with E-state index in [4.69, 9.17) is 0 Å². The van der Waals surface area contributed by atoms with E-state index >= 15 is 0 Å². The van der Waals surface area contributed by atoms with Crippen LogP contribution in [-0.4, -0.2) is 44.8 Å². The molecule has 2 aromatic rings. The lowest BCUT2D eigenvalue weighted by Gasteiger charge is -2.38. The summed E-state index contributed by atoms with van der Waals surface area (Å²) in [5.41, 5.74) is 2.93. The van der Waals surface area contributed by atoms with Gasteiger partial charge in [-0.3, -0.25) is 13.9 Å². The van der Waals surface area contributed by atoms with Gasteiger partial charge in [-0.2, -0.15) is 0 Å². The highest BCUT2D eigenvalue weighted by atomic mass is 32.2. The van der Waals surface area contributed by atoms with E-state index in [-0.39, 0.29) is 23.1 Å². The summed E-state index contributed by atoms with van der Waals surface area (Å²) in [6, 6.07) is 9.20. The number of carbonyl (C=O) groups is 2. The van der Waals surface area contributed by atoms with Crippen molar-refractivity contribution in [1.82, 2.24) is 4.90 Å². The van der Waals surface area contributed by atoms with Gasteiger partial charge in [0.25, 0.3) is 10.0 Å². The normalized spacial score (nSPS) is 16.0. The smallest absolute Gasteiger partial charge is 0.265 e. The molecule has 32 heavy (non-hydrogen) atoms. The summed E-state index contributed by atoms with van der Waals surface area (Å²) < 4.78 is 29.1. The topological polar surface area (TPSA) is 86.8 Å². The molecule has 0 aliphatic carbocycles. The summed E-state index contributed by atoms with van der Waals surface area (Å²) in [5, 5.41) is 2.77. The summed E-state index contributed by atoms with van der Waals surface area (Å²) in [6.45, 7) is 9.91. The Bertz CT molecular complexity index is 1130. The fourth-order valence-electron chi connectivity index (χ4n) is 4.38. The minimum atomic E-state index is -4.13. The van der Waals surface area contributed by atoms with Crippen LogP contribution in [-0.2, 0) is 19.6 Å². The maximum Gasteiger partial charge on any atom is 0.265 e. The molecular formula is C24H31N3O4S. The summed E-state index contributed by atoms with van der Waals surface area (Å²) in [4.78, 5) is 27.7. The highest BCUT2D eigenvalue weighted by Crippen LogP contribution is 2.38.